The number of aromatic nitrogens is 1. The number of ether oxygens (including phenoxy) is 1. The molecular formula is C23H27N3O3S. The molecule has 2 aromatic heterocycles. The van der Waals surface area contributed by atoms with Crippen molar-refractivity contribution in [3.05, 3.63) is 53.0 Å². The number of nitrogens with zero attached hydrogens (tertiary/aromatic N) is 3. The van der Waals surface area contributed by atoms with Crippen molar-refractivity contribution >= 4 is 33.4 Å². The topological polar surface area (TPSA) is 54.8 Å². The van der Waals surface area contributed by atoms with E-state index in [4.69, 9.17) is 4.74 Å². The normalized spacial score (nSPS) is 16.8. The van der Waals surface area contributed by atoms with E-state index in [1.807, 2.05) is 47.1 Å². The Morgan fingerprint density at radius 2 is 1.93 bits per heavy atom. The summed E-state index contributed by atoms with van der Waals surface area (Å²) >= 11 is 1.66. The first-order valence-electron chi connectivity index (χ1n) is 10.3. The van der Waals surface area contributed by atoms with Crippen molar-refractivity contribution in [1.29, 1.82) is 0 Å². The van der Waals surface area contributed by atoms with Crippen LogP contribution in [0.3, 0.4) is 0 Å². The van der Waals surface area contributed by atoms with Crippen LogP contribution in [0.15, 0.2) is 41.8 Å². The zero-order valence-corrected chi connectivity index (χ0v) is 18.4. The van der Waals surface area contributed by atoms with E-state index in [1.54, 1.807) is 18.4 Å². The molecule has 3 heterocycles. The Kier molecular flexibility index (Phi) is 5.81. The SMILES string of the molecule is CCn1c(C(=O)N2CCN(C(=O)Cc3ccc(OC)cc3)[C@@H](C)C2)cc2ccsc21. The van der Waals surface area contributed by atoms with Crippen LogP contribution in [0.4, 0.5) is 0 Å². The van der Waals surface area contributed by atoms with Gasteiger partial charge in [0.05, 0.1) is 13.5 Å². The minimum Gasteiger partial charge on any atom is -0.497 e. The summed E-state index contributed by atoms with van der Waals surface area (Å²) in [6.07, 6.45) is 0.358. The zero-order chi connectivity index (χ0) is 21.3. The number of hydrogen-bond donors (Lipinski definition) is 0. The number of rotatable bonds is 5. The maximum absolute atomic E-state index is 13.2. The standard InChI is InChI=1S/C23H27N3O3S/c1-4-25-20(14-18-9-12-30-23(18)25)22(28)24-10-11-26(16(2)15-24)21(27)13-17-5-7-19(29-3)8-6-17/h5-9,12,14,16H,4,10-11,13,15H2,1-3H3/t16-/m0/s1. The Morgan fingerprint density at radius 1 is 1.17 bits per heavy atom. The Balaban J connectivity index is 1.42. The molecule has 158 valence electrons. The number of carbonyl (C=O) groups is 2. The maximum atomic E-state index is 13.2. The lowest BCUT2D eigenvalue weighted by Crippen LogP contribution is -2.56. The van der Waals surface area contributed by atoms with Gasteiger partial charge in [-0.1, -0.05) is 12.1 Å². The average Bonchev–Trinajstić information content (AvgIpc) is 3.34. The summed E-state index contributed by atoms with van der Waals surface area (Å²) in [5, 5.41) is 3.17. The van der Waals surface area contributed by atoms with Gasteiger partial charge in [0.1, 0.15) is 16.3 Å². The summed E-state index contributed by atoms with van der Waals surface area (Å²) in [6, 6.07) is 11.6. The summed E-state index contributed by atoms with van der Waals surface area (Å²) < 4.78 is 7.27. The van der Waals surface area contributed by atoms with E-state index >= 15 is 0 Å². The van der Waals surface area contributed by atoms with Crippen molar-refractivity contribution in [2.24, 2.45) is 0 Å². The number of fused-ring (bicyclic) bond motifs is 1. The van der Waals surface area contributed by atoms with Gasteiger partial charge in [-0.05, 0) is 49.1 Å². The molecule has 1 atom stereocenters. The van der Waals surface area contributed by atoms with Crippen LogP contribution in [-0.2, 0) is 17.8 Å². The predicted molar refractivity (Wildman–Crippen MR) is 119 cm³/mol. The lowest BCUT2D eigenvalue weighted by Gasteiger charge is -2.40. The van der Waals surface area contributed by atoms with Crippen molar-refractivity contribution in [3.63, 3.8) is 0 Å². The van der Waals surface area contributed by atoms with Crippen LogP contribution in [0.25, 0.3) is 10.2 Å². The van der Waals surface area contributed by atoms with Gasteiger partial charge in [0.2, 0.25) is 5.91 Å². The highest BCUT2D eigenvalue weighted by Crippen LogP contribution is 2.27. The molecule has 1 aromatic carbocycles. The fourth-order valence-corrected chi connectivity index (χ4v) is 5.12. The molecule has 7 heteroatoms. The smallest absolute Gasteiger partial charge is 0.270 e. The highest BCUT2D eigenvalue weighted by atomic mass is 32.1. The first kappa shape index (κ1) is 20.5. The molecule has 0 bridgehead atoms. The van der Waals surface area contributed by atoms with E-state index in [9.17, 15) is 9.59 Å². The van der Waals surface area contributed by atoms with Crippen LogP contribution in [0.2, 0.25) is 0 Å². The van der Waals surface area contributed by atoms with Gasteiger partial charge < -0.3 is 19.1 Å². The molecule has 0 aliphatic carbocycles. The molecule has 0 unspecified atom stereocenters. The van der Waals surface area contributed by atoms with Gasteiger partial charge in [-0.15, -0.1) is 11.3 Å². The zero-order valence-electron chi connectivity index (χ0n) is 17.6. The Hall–Kier alpha value is -2.80. The highest BCUT2D eigenvalue weighted by molar-refractivity contribution is 7.16. The van der Waals surface area contributed by atoms with Gasteiger partial charge in [0, 0.05) is 37.6 Å². The molecule has 1 fully saturated rings. The van der Waals surface area contributed by atoms with Gasteiger partial charge in [-0.3, -0.25) is 9.59 Å². The second-order valence-electron chi connectivity index (χ2n) is 7.67. The lowest BCUT2D eigenvalue weighted by atomic mass is 10.1. The lowest BCUT2D eigenvalue weighted by molar-refractivity contribution is -0.134. The quantitative estimate of drug-likeness (QED) is 0.627. The fraction of sp³-hybridized carbons (Fsp3) is 0.391. The van der Waals surface area contributed by atoms with Gasteiger partial charge in [0.15, 0.2) is 0 Å². The van der Waals surface area contributed by atoms with Gasteiger partial charge in [-0.25, -0.2) is 0 Å². The van der Waals surface area contributed by atoms with Crippen molar-refractivity contribution in [3.8, 4) is 5.75 Å². The summed E-state index contributed by atoms with van der Waals surface area (Å²) in [6.45, 7) is 6.51. The van der Waals surface area contributed by atoms with E-state index in [2.05, 4.69) is 22.9 Å². The van der Waals surface area contributed by atoms with E-state index < -0.39 is 0 Å². The number of thiophene rings is 1. The Bertz CT molecular complexity index is 1050. The minimum absolute atomic E-state index is 0.0143. The first-order valence-corrected chi connectivity index (χ1v) is 11.2. The van der Waals surface area contributed by atoms with Crippen LogP contribution >= 0.6 is 11.3 Å². The Labute approximate surface area is 180 Å². The molecular weight excluding hydrogens is 398 g/mol. The predicted octanol–water partition coefficient (Wildman–Crippen LogP) is 3.65. The number of amides is 2. The van der Waals surface area contributed by atoms with Gasteiger partial charge in [0.25, 0.3) is 5.91 Å². The summed E-state index contributed by atoms with van der Waals surface area (Å²) in [4.78, 5) is 31.0. The number of methoxy groups -OCH3 is 1. The molecule has 0 saturated carbocycles. The average molecular weight is 426 g/mol. The third-order valence-electron chi connectivity index (χ3n) is 5.79. The fourth-order valence-electron chi connectivity index (χ4n) is 4.16. The molecule has 6 nitrogen and oxygen atoms in total. The number of piperazine rings is 1. The van der Waals surface area contributed by atoms with Crippen molar-refractivity contribution in [2.45, 2.75) is 32.9 Å². The number of carbonyl (C=O) groups excluding carboxylic acids is 2. The van der Waals surface area contributed by atoms with Crippen LogP contribution in [-0.4, -0.2) is 59.0 Å². The van der Waals surface area contributed by atoms with E-state index in [1.165, 1.54) is 0 Å². The van der Waals surface area contributed by atoms with Crippen molar-refractivity contribution in [2.75, 3.05) is 26.7 Å². The third-order valence-corrected chi connectivity index (χ3v) is 6.74. The first-order chi connectivity index (χ1) is 14.5. The summed E-state index contributed by atoms with van der Waals surface area (Å²) in [7, 11) is 1.63. The van der Waals surface area contributed by atoms with Gasteiger partial charge in [-0.2, -0.15) is 0 Å². The van der Waals surface area contributed by atoms with E-state index in [-0.39, 0.29) is 17.9 Å². The van der Waals surface area contributed by atoms with E-state index in [0.29, 0.717) is 26.1 Å². The number of benzene rings is 1. The Morgan fingerprint density at radius 3 is 2.60 bits per heavy atom. The molecule has 3 aromatic rings. The summed E-state index contributed by atoms with van der Waals surface area (Å²) in [5.74, 6) is 0.926. The van der Waals surface area contributed by atoms with Crippen molar-refractivity contribution in [1.82, 2.24) is 14.4 Å². The van der Waals surface area contributed by atoms with Crippen LogP contribution in [0, 0.1) is 0 Å². The molecule has 0 spiro atoms. The summed E-state index contributed by atoms with van der Waals surface area (Å²) in [5.41, 5.74) is 1.71. The van der Waals surface area contributed by atoms with Crippen LogP contribution in [0.5, 0.6) is 5.75 Å². The van der Waals surface area contributed by atoms with Crippen LogP contribution in [0.1, 0.15) is 29.9 Å². The minimum atomic E-state index is -0.0143. The molecule has 2 amide bonds. The molecule has 1 saturated heterocycles. The molecule has 30 heavy (non-hydrogen) atoms. The van der Waals surface area contributed by atoms with Crippen LogP contribution < -0.4 is 4.74 Å². The number of aryl methyl sites for hydroxylation is 1. The largest absolute Gasteiger partial charge is 0.497 e. The highest BCUT2D eigenvalue weighted by Gasteiger charge is 2.31. The molecule has 4 rings (SSSR count). The molecule has 0 N–H and O–H groups in total. The second kappa shape index (κ2) is 8.52. The second-order valence-corrected chi connectivity index (χ2v) is 8.56. The van der Waals surface area contributed by atoms with E-state index in [0.717, 1.165) is 33.8 Å². The van der Waals surface area contributed by atoms with Gasteiger partial charge >= 0.3 is 0 Å². The third kappa shape index (κ3) is 3.81. The maximum Gasteiger partial charge on any atom is 0.270 e. The molecule has 1 aliphatic rings. The molecule has 0 radical (unpaired) electrons. The molecule has 1 aliphatic heterocycles. The number of hydrogen-bond acceptors (Lipinski definition) is 4. The van der Waals surface area contributed by atoms with Crippen molar-refractivity contribution < 1.29 is 14.3 Å². The monoisotopic (exact) mass is 425 g/mol.